The first kappa shape index (κ1) is 31.7. The van der Waals surface area contributed by atoms with Crippen molar-refractivity contribution in [1.82, 2.24) is 10.2 Å². The van der Waals surface area contributed by atoms with Gasteiger partial charge >= 0.3 is 5.97 Å². The van der Waals surface area contributed by atoms with Crippen molar-refractivity contribution in [2.45, 2.75) is 117 Å². The summed E-state index contributed by atoms with van der Waals surface area (Å²) in [4.78, 5) is 30.1. The van der Waals surface area contributed by atoms with Gasteiger partial charge in [-0.3, -0.25) is 4.79 Å². The Balaban J connectivity index is 1.34. The maximum atomic E-state index is 14.0. The molecule has 1 saturated heterocycles. The predicted molar refractivity (Wildman–Crippen MR) is 171 cm³/mol. The zero-order valence-electron chi connectivity index (χ0n) is 27.8. The zero-order valence-corrected chi connectivity index (χ0v) is 27.8. The number of likely N-dealkylation sites (N-methyl/N-ethyl adjacent to an activating group) is 1. The number of allylic oxidation sites excluding steroid dienone is 1. The molecule has 4 bridgehead atoms. The smallest absolute Gasteiger partial charge is 0.315 e. The second kappa shape index (κ2) is 12.2. The lowest BCUT2D eigenvalue weighted by molar-refractivity contribution is -0.197. The first-order chi connectivity index (χ1) is 20.7. The van der Waals surface area contributed by atoms with E-state index < -0.39 is 22.2 Å². The van der Waals surface area contributed by atoms with Crippen LogP contribution in [-0.2, 0) is 14.3 Å². The number of nitrogens with zero attached hydrogens (tertiary/aromatic N) is 1. The lowest BCUT2D eigenvalue weighted by atomic mass is 9.41. The number of ether oxygens (including phenoxy) is 1. The van der Waals surface area contributed by atoms with Gasteiger partial charge in [0.05, 0.1) is 17.6 Å². The third-order valence-corrected chi connectivity index (χ3v) is 14.0. The number of aldehydes is 1. The fourth-order valence-electron chi connectivity index (χ4n) is 12.4. The Hall–Kier alpha value is -1.24. The Bertz CT molecular complexity index is 1070. The Kier molecular flexibility index (Phi) is 8.98. The van der Waals surface area contributed by atoms with Crippen molar-refractivity contribution < 1.29 is 19.4 Å². The molecule has 1 heterocycles. The van der Waals surface area contributed by atoms with Crippen molar-refractivity contribution in [3.8, 4) is 0 Å². The first-order valence-electron chi connectivity index (χ1n) is 18.2. The van der Waals surface area contributed by atoms with Crippen molar-refractivity contribution in [3.05, 3.63) is 11.6 Å². The average Bonchev–Trinajstić information content (AvgIpc) is 3.80. The van der Waals surface area contributed by atoms with E-state index in [1.807, 2.05) is 0 Å². The molecule has 6 aliphatic rings. The number of rotatable bonds is 14. The molecule has 6 heteroatoms. The van der Waals surface area contributed by atoms with Crippen LogP contribution in [-0.4, -0.2) is 67.2 Å². The van der Waals surface area contributed by atoms with Gasteiger partial charge in [0.2, 0.25) is 0 Å². The average molecular weight is 597 g/mol. The molecule has 6 rings (SSSR count). The van der Waals surface area contributed by atoms with E-state index in [-0.39, 0.29) is 30.0 Å². The fourth-order valence-corrected chi connectivity index (χ4v) is 12.4. The predicted octanol–water partition coefficient (Wildman–Crippen LogP) is 6.59. The lowest BCUT2D eigenvalue weighted by Gasteiger charge is -2.60. The van der Waals surface area contributed by atoms with Gasteiger partial charge in [-0.2, -0.15) is 0 Å². The quantitative estimate of drug-likeness (QED) is 0.134. The third kappa shape index (κ3) is 4.57. The van der Waals surface area contributed by atoms with E-state index in [9.17, 15) is 14.7 Å². The normalized spacial score (nSPS) is 43.6. The minimum absolute atomic E-state index is 0.105. The van der Waals surface area contributed by atoms with Gasteiger partial charge in [0.25, 0.3) is 0 Å². The number of carbonyl (C=O) groups is 2. The van der Waals surface area contributed by atoms with E-state index in [2.05, 4.69) is 50.9 Å². The van der Waals surface area contributed by atoms with Gasteiger partial charge in [0.1, 0.15) is 11.7 Å². The molecule has 2 N–H and O–H groups in total. The SMILES string of the molecule is CCCN(CC)CCNCC1OC(C23C[C@@H]4[C@H](C)CC[C@H]4C4(C=O)CC2C=C(C(C)C)[C@@]34C(=O)O)CC1CC1CCCC1. The second-order valence-corrected chi connectivity index (χ2v) is 16.1. The molecule has 0 spiro atoms. The van der Waals surface area contributed by atoms with Crippen molar-refractivity contribution in [3.63, 3.8) is 0 Å². The molecule has 0 radical (unpaired) electrons. The maximum Gasteiger partial charge on any atom is 0.315 e. The highest BCUT2D eigenvalue weighted by atomic mass is 16.5. The van der Waals surface area contributed by atoms with Gasteiger partial charge in [-0.1, -0.05) is 78.4 Å². The summed E-state index contributed by atoms with van der Waals surface area (Å²) in [5, 5.41) is 15.3. The lowest BCUT2D eigenvalue weighted by Crippen LogP contribution is -2.65. The number of carboxylic acid groups (broad SMARTS) is 1. The molecule has 0 amide bonds. The fraction of sp³-hybridized carbons (Fsp3) is 0.892. The Morgan fingerprint density at radius 1 is 1.16 bits per heavy atom. The topological polar surface area (TPSA) is 78.9 Å². The van der Waals surface area contributed by atoms with E-state index in [0.29, 0.717) is 24.2 Å². The molecule has 5 fully saturated rings. The largest absolute Gasteiger partial charge is 0.481 e. The van der Waals surface area contributed by atoms with Crippen molar-refractivity contribution in [2.75, 3.05) is 32.7 Å². The molecule has 242 valence electrons. The van der Waals surface area contributed by atoms with E-state index in [1.54, 1.807) is 0 Å². The molecule has 43 heavy (non-hydrogen) atoms. The van der Waals surface area contributed by atoms with Crippen LogP contribution in [0.2, 0.25) is 0 Å². The molecular weight excluding hydrogens is 536 g/mol. The van der Waals surface area contributed by atoms with Crippen LogP contribution in [0.1, 0.15) is 105 Å². The van der Waals surface area contributed by atoms with Gasteiger partial charge < -0.3 is 24.9 Å². The molecule has 0 aromatic rings. The summed E-state index contributed by atoms with van der Waals surface area (Å²) < 4.78 is 7.29. The minimum Gasteiger partial charge on any atom is -0.481 e. The number of nitrogens with one attached hydrogen (secondary N) is 1. The van der Waals surface area contributed by atoms with E-state index in [0.717, 1.165) is 69.9 Å². The number of fused-ring (bicyclic) bond motifs is 2. The standard InChI is InChI=1S/C37H60N2O4/c1-6-15-39(7-2)16-14-38-22-32-27(17-26-10-8-9-11-26)18-33(43-32)36-21-29-25(5)12-13-30(29)35(23-40)20-28(36)19-31(24(3)4)37(35,36)34(41)42/h19,23-30,32-33,38H,6-18,20-22H2,1-5H3,(H,41,42)/t25-,27?,28?,29-,30-,32?,33?,35?,36?,37+/m1/s1. The third-order valence-electron chi connectivity index (χ3n) is 14.0. The molecule has 6 nitrogen and oxygen atoms in total. The van der Waals surface area contributed by atoms with Crippen LogP contribution in [0.25, 0.3) is 0 Å². The number of carboxylic acids is 1. The van der Waals surface area contributed by atoms with E-state index in [4.69, 9.17) is 4.74 Å². The summed E-state index contributed by atoms with van der Waals surface area (Å²) in [5.41, 5.74) is -1.44. The van der Waals surface area contributed by atoms with Crippen molar-refractivity contribution in [2.24, 2.45) is 57.7 Å². The van der Waals surface area contributed by atoms with Gasteiger partial charge in [0.15, 0.2) is 0 Å². The van der Waals surface area contributed by atoms with Crippen LogP contribution < -0.4 is 5.32 Å². The first-order valence-corrected chi connectivity index (χ1v) is 18.2. The van der Waals surface area contributed by atoms with Gasteiger partial charge in [-0.05, 0) is 93.0 Å². The van der Waals surface area contributed by atoms with E-state index >= 15 is 0 Å². The Labute approximate surface area is 261 Å². The second-order valence-electron chi connectivity index (χ2n) is 16.1. The molecule has 4 saturated carbocycles. The monoisotopic (exact) mass is 596 g/mol. The number of aliphatic carboxylic acids is 1. The van der Waals surface area contributed by atoms with Gasteiger partial charge in [-0.15, -0.1) is 0 Å². The highest BCUT2D eigenvalue weighted by Gasteiger charge is 2.86. The molecule has 0 aromatic carbocycles. The molecule has 6 unspecified atom stereocenters. The van der Waals surface area contributed by atoms with Crippen molar-refractivity contribution >= 4 is 12.3 Å². The molecule has 0 aromatic heterocycles. The van der Waals surface area contributed by atoms with Crippen LogP contribution in [0.3, 0.4) is 0 Å². The van der Waals surface area contributed by atoms with Crippen LogP contribution >= 0.6 is 0 Å². The molecule has 1 aliphatic heterocycles. The number of hydrogen-bond donors (Lipinski definition) is 2. The van der Waals surface area contributed by atoms with Crippen LogP contribution in [0.4, 0.5) is 0 Å². The minimum atomic E-state index is -1.14. The number of carbonyl (C=O) groups excluding carboxylic acids is 1. The zero-order chi connectivity index (χ0) is 30.6. The van der Waals surface area contributed by atoms with Crippen LogP contribution in [0.5, 0.6) is 0 Å². The van der Waals surface area contributed by atoms with E-state index in [1.165, 1.54) is 44.8 Å². The summed E-state index contributed by atoms with van der Waals surface area (Å²) in [6, 6.07) is 0. The Morgan fingerprint density at radius 3 is 2.58 bits per heavy atom. The summed E-state index contributed by atoms with van der Waals surface area (Å²) in [7, 11) is 0. The Morgan fingerprint density at radius 2 is 1.93 bits per heavy atom. The van der Waals surface area contributed by atoms with Crippen LogP contribution in [0, 0.1) is 57.7 Å². The van der Waals surface area contributed by atoms with Crippen molar-refractivity contribution in [1.29, 1.82) is 0 Å². The molecular formula is C37H60N2O4. The summed E-state index contributed by atoms with van der Waals surface area (Å²) in [6.45, 7) is 16.2. The summed E-state index contributed by atoms with van der Waals surface area (Å²) in [6.07, 6.45) is 15.9. The highest BCUT2D eigenvalue weighted by molar-refractivity contribution is 5.90. The van der Waals surface area contributed by atoms with Gasteiger partial charge in [-0.25, -0.2) is 0 Å². The summed E-state index contributed by atoms with van der Waals surface area (Å²) >= 11 is 0. The highest BCUT2D eigenvalue weighted by Crippen LogP contribution is 2.84. The number of hydrogen-bond acceptors (Lipinski definition) is 5. The van der Waals surface area contributed by atoms with Crippen LogP contribution in [0.15, 0.2) is 11.6 Å². The summed E-state index contributed by atoms with van der Waals surface area (Å²) in [5.74, 6) is 1.81. The molecule has 5 aliphatic carbocycles. The molecule has 10 atom stereocenters. The van der Waals surface area contributed by atoms with Gasteiger partial charge in [0, 0.05) is 25.0 Å². The maximum absolute atomic E-state index is 14.0.